The number of hydrogen-bond acceptors (Lipinski definition) is 6. The van der Waals surface area contributed by atoms with Gasteiger partial charge in [-0.2, -0.15) is 4.72 Å². The highest BCUT2D eigenvalue weighted by molar-refractivity contribution is 7.89. The maximum atomic E-state index is 12.5. The summed E-state index contributed by atoms with van der Waals surface area (Å²) in [5.74, 6) is -0.752. The standard InChI is InChI=1S/C20H24N2O6S/c1-14(19(23)28-13-15-5-9-17(10-6-15)22(24)25)21-29(26,27)18-11-7-16(8-12-18)20(2,3)4/h5-12,14,21H,13H2,1-4H3/t14-/m0/s1. The molecular weight excluding hydrogens is 396 g/mol. The first-order valence-corrected chi connectivity index (χ1v) is 10.4. The fourth-order valence-electron chi connectivity index (χ4n) is 2.48. The molecule has 2 aromatic carbocycles. The minimum absolute atomic E-state index is 0.0560. The number of nitro groups is 1. The number of carbonyl (C=O) groups is 1. The van der Waals surface area contributed by atoms with E-state index in [4.69, 9.17) is 4.74 Å². The topological polar surface area (TPSA) is 116 Å². The van der Waals surface area contributed by atoms with Crippen molar-refractivity contribution in [1.82, 2.24) is 4.72 Å². The SMILES string of the molecule is C[C@H](NS(=O)(=O)c1ccc(C(C)(C)C)cc1)C(=O)OCc1ccc([N+](=O)[O-])cc1. The summed E-state index contributed by atoms with van der Waals surface area (Å²) in [5, 5.41) is 10.6. The third-order valence-electron chi connectivity index (χ3n) is 4.24. The lowest BCUT2D eigenvalue weighted by atomic mass is 9.87. The van der Waals surface area contributed by atoms with Crippen molar-refractivity contribution in [2.45, 2.75) is 50.7 Å². The Morgan fingerprint density at radius 1 is 1.10 bits per heavy atom. The van der Waals surface area contributed by atoms with E-state index in [0.717, 1.165) is 5.56 Å². The van der Waals surface area contributed by atoms with Crippen LogP contribution in [0.25, 0.3) is 0 Å². The number of carbonyl (C=O) groups excluding carboxylic acids is 1. The molecule has 1 atom stereocenters. The molecule has 0 bridgehead atoms. The highest BCUT2D eigenvalue weighted by atomic mass is 32.2. The summed E-state index contributed by atoms with van der Waals surface area (Å²) < 4.78 is 32.4. The summed E-state index contributed by atoms with van der Waals surface area (Å²) in [5.41, 5.74) is 1.37. The molecule has 8 nitrogen and oxygen atoms in total. The van der Waals surface area contributed by atoms with Crippen molar-refractivity contribution in [1.29, 1.82) is 0 Å². The van der Waals surface area contributed by atoms with Gasteiger partial charge in [0, 0.05) is 12.1 Å². The first-order valence-electron chi connectivity index (χ1n) is 8.93. The van der Waals surface area contributed by atoms with E-state index in [2.05, 4.69) is 4.72 Å². The zero-order chi connectivity index (χ0) is 21.8. The van der Waals surface area contributed by atoms with Crippen molar-refractivity contribution in [3.8, 4) is 0 Å². The number of nitrogens with zero attached hydrogens (tertiary/aromatic N) is 1. The third-order valence-corrected chi connectivity index (χ3v) is 5.80. The number of rotatable bonds is 7. The van der Waals surface area contributed by atoms with E-state index in [0.29, 0.717) is 5.56 Å². The van der Waals surface area contributed by atoms with Gasteiger partial charge in [0.1, 0.15) is 12.6 Å². The van der Waals surface area contributed by atoms with Crippen LogP contribution < -0.4 is 4.72 Å². The van der Waals surface area contributed by atoms with Crippen LogP contribution in [0, 0.1) is 10.1 Å². The molecule has 29 heavy (non-hydrogen) atoms. The molecular formula is C20H24N2O6S. The van der Waals surface area contributed by atoms with Gasteiger partial charge in [-0.1, -0.05) is 32.9 Å². The molecule has 0 fully saturated rings. The molecule has 1 N–H and O–H groups in total. The Labute approximate surface area is 170 Å². The third kappa shape index (κ3) is 6.10. The number of sulfonamides is 1. The second kappa shape index (κ2) is 8.71. The first-order chi connectivity index (χ1) is 13.4. The molecule has 0 heterocycles. The highest BCUT2D eigenvalue weighted by Gasteiger charge is 2.24. The van der Waals surface area contributed by atoms with Crippen LogP contribution in [0.2, 0.25) is 0 Å². The van der Waals surface area contributed by atoms with Crippen molar-refractivity contribution < 1.29 is 22.9 Å². The minimum atomic E-state index is -3.89. The van der Waals surface area contributed by atoms with Crippen LogP contribution in [0.5, 0.6) is 0 Å². The second-order valence-corrected chi connectivity index (χ2v) is 9.36. The zero-order valence-electron chi connectivity index (χ0n) is 16.7. The number of nitrogens with one attached hydrogen (secondary N) is 1. The molecule has 0 aliphatic rings. The molecule has 2 rings (SSSR count). The number of nitro benzene ring substituents is 1. The molecule has 0 saturated heterocycles. The average molecular weight is 420 g/mol. The van der Waals surface area contributed by atoms with Gasteiger partial charge < -0.3 is 4.74 Å². The largest absolute Gasteiger partial charge is 0.460 e. The van der Waals surface area contributed by atoms with Gasteiger partial charge in [-0.3, -0.25) is 14.9 Å². The van der Waals surface area contributed by atoms with E-state index < -0.39 is 27.0 Å². The minimum Gasteiger partial charge on any atom is -0.460 e. The Morgan fingerprint density at radius 3 is 2.14 bits per heavy atom. The smallest absolute Gasteiger partial charge is 0.324 e. The Kier molecular flexibility index (Phi) is 6.76. The molecule has 9 heteroatoms. The van der Waals surface area contributed by atoms with Crippen molar-refractivity contribution in [3.05, 3.63) is 69.8 Å². The molecule has 0 saturated carbocycles. The lowest BCUT2D eigenvalue weighted by molar-refractivity contribution is -0.384. The summed E-state index contributed by atoms with van der Waals surface area (Å²) >= 11 is 0. The van der Waals surface area contributed by atoms with E-state index in [1.165, 1.54) is 43.3 Å². The van der Waals surface area contributed by atoms with Crippen molar-refractivity contribution in [2.24, 2.45) is 0 Å². The Balaban J connectivity index is 1.97. The van der Waals surface area contributed by atoms with E-state index in [1.807, 2.05) is 20.8 Å². The molecule has 0 amide bonds. The lowest BCUT2D eigenvalue weighted by Crippen LogP contribution is -2.39. The second-order valence-electron chi connectivity index (χ2n) is 7.65. The predicted molar refractivity (Wildman–Crippen MR) is 108 cm³/mol. The maximum absolute atomic E-state index is 12.5. The van der Waals surface area contributed by atoms with Gasteiger partial charge in [-0.05, 0) is 47.7 Å². The van der Waals surface area contributed by atoms with Gasteiger partial charge in [-0.25, -0.2) is 8.42 Å². The van der Waals surface area contributed by atoms with Gasteiger partial charge in [0.25, 0.3) is 5.69 Å². The summed E-state index contributed by atoms with van der Waals surface area (Å²) in [6, 6.07) is 10.9. The van der Waals surface area contributed by atoms with Crippen LogP contribution in [-0.4, -0.2) is 25.4 Å². The van der Waals surface area contributed by atoms with Gasteiger partial charge in [-0.15, -0.1) is 0 Å². The maximum Gasteiger partial charge on any atom is 0.324 e. The van der Waals surface area contributed by atoms with E-state index in [9.17, 15) is 23.3 Å². The molecule has 0 aliphatic heterocycles. The molecule has 2 aromatic rings. The monoisotopic (exact) mass is 420 g/mol. The number of ether oxygens (including phenoxy) is 1. The first kappa shape index (κ1) is 22.5. The predicted octanol–water partition coefficient (Wildman–Crippen LogP) is 3.30. The fourth-order valence-corrected chi connectivity index (χ4v) is 3.67. The van der Waals surface area contributed by atoms with E-state index >= 15 is 0 Å². The number of non-ortho nitro benzene ring substituents is 1. The summed E-state index contributed by atoms with van der Waals surface area (Å²) in [4.78, 5) is 22.3. The number of benzene rings is 2. The van der Waals surface area contributed by atoms with Gasteiger partial charge in [0.05, 0.1) is 9.82 Å². The van der Waals surface area contributed by atoms with Crippen molar-refractivity contribution in [3.63, 3.8) is 0 Å². The Bertz CT molecular complexity index is 977. The van der Waals surface area contributed by atoms with Crippen LogP contribution in [0.1, 0.15) is 38.8 Å². The van der Waals surface area contributed by atoms with E-state index in [-0.39, 0.29) is 22.6 Å². The molecule has 0 unspecified atom stereocenters. The molecule has 0 spiro atoms. The average Bonchev–Trinajstić information content (AvgIpc) is 2.65. The zero-order valence-corrected chi connectivity index (χ0v) is 17.5. The fraction of sp³-hybridized carbons (Fsp3) is 0.350. The quantitative estimate of drug-likeness (QED) is 0.417. The molecule has 0 radical (unpaired) electrons. The van der Waals surface area contributed by atoms with Crippen LogP contribution >= 0.6 is 0 Å². The summed E-state index contributed by atoms with van der Waals surface area (Å²) in [6.45, 7) is 7.34. The van der Waals surface area contributed by atoms with Gasteiger partial charge >= 0.3 is 5.97 Å². The van der Waals surface area contributed by atoms with E-state index in [1.54, 1.807) is 12.1 Å². The molecule has 0 aromatic heterocycles. The Hall–Kier alpha value is -2.78. The summed E-state index contributed by atoms with van der Waals surface area (Å²) in [7, 11) is -3.89. The molecule has 156 valence electrons. The Morgan fingerprint density at radius 2 is 1.66 bits per heavy atom. The lowest BCUT2D eigenvalue weighted by Gasteiger charge is -2.19. The van der Waals surface area contributed by atoms with Gasteiger partial charge in [0.2, 0.25) is 10.0 Å². The summed E-state index contributed by atoms with van der Waals surface area (Å²) in [6.07, 6.45) is 0. The molecule has 0 aliphatic carbocycles. The normalized spacial score (nSPS) is 13.0. The van der Waals surface area contributed by atoms with Crippen LogP contribution in [0.15, 0.2) is 53.4 Å². The van der Waals surface area contributed by atoms with Crippen molar-refractivity contribution >= 4 is 21.7 Å². The van der Waals surface area contributed by atoms with Crippen LogP contribution in [-0.2, 0) is 31.6 Å². The van der Waals surface area contributed by atoms with Crippen LogP contribution in [0.4, 0.5) is 5.69 Å². The van der Waals surface area contributed by atoms with Gasteiger partial charge in [0.15, 0.2) is 0 Å². The van der Waals surface area contributed by atoms with Crippen LogP contribution in [0.3, 0.4) is 0 Å². The number of hydrogen-bond donors (Lipinski definition) is 1. The number of esters is 1. The van der Waals surface area contributed by atoms with Crippen molar-refractivity contribution in [2.75, 3.05) is 0 Å². The highest BCUT2D eigenvalue weighted by Crippen LogP contribution is 2.23.